The maximum Gasteiger partial charge on any atom is 0.322 e. The van der Waals surface area contributed by atoms with Gasteiger partial charge in [0.2, 0.25) is 0 Å². The molecule has 2 aromatic heterocycles. The minimum Gasteiger partial charge on any atom is -0.255 e. The van der Waals surface area contributed by atoms with E-state index in [4.69, 9.17) is 0 Å². The maximum atomic E-state index is 10.8. The molecule has 0 fully saturated rings. The Morgan fingerprint density at radius 1 is 1.54 bits per heavy atom. The van der Waals surface area contributed by atoms with Crippen LogP contribution in [0.1, 0.15) is 0 Å². The molecule has 0 unspecified atom stereocenters. The van der Waals surface area contributed by atoms with Gasteiger partial charge in [-0.15, -0.1) is 0 Å². The van der Waals surface area contributed by atoms with Crippen LogP contribution >= 0.6 is 33.9 Å². The number of nitrogens with zero attached hydrogens (tertiary/aromatic N) is 2. The molecule has 0 aliphatic carbocycles. The van der Waals surface area contributed by atoms with Gasteiger partial charge in [-0.3, -0.25) is 9.78 Å². The van der Waals surface area contributed by atoms with E-state index < -0.39 is 0 Å². The lowest BCUT2D eigenvalue weighted by atomic mass is 10.4. The molecule has 0 saturated carbocycles. The number of pyridine rings is 1. The highest BCUT2D eigenvalue weighted by molar-refractivity contribution is 14.1. The van der Waals surface area contributed by atoms with Crippen molar-refractivity contribution in [1.82, 2.24) is 15.2 Å². The molecule has 0 aromatic carbocycles. The first-order valence-corrected chi connectivity index (χ1v) is 5.32. The van der Waals surface area contributed by atoms with E-state index in [1.807, 2.05) is 12.1 Å². The van der Waals surface area contributed by atoms with Gasteiger partial charge in [0, 0.05) is 9.77 Å². The molecule has 0 spiro atoms. The van der Waals surface area contributed by atoms with Crippen molar-refractivity contribution in [2.24, 2.45) is 0 Å². The molecule has 0 atom stereocenters. The molecule has 66 valence electrons. The molecule has 0 bridgehead atoms. The molecule has 0 amide bonds. The monoisotopic (exact) mass is 305 g/mol. The van der Waals surface area contributed by atoms with E-state index in [9.17, 15) is 4.79 Å². The van der Waals surface area contributed by atoms with E-state index in [0.29, 0.717) is 5.01 Å². The Hall–Kier alpha value is -0.760. The third-order valence-electron chi connectivity index (χ3n) is 1.38. The number of aromatic nitrogens is 3. The highest BCUT2D eigenvalue weighted by Crippen LogP contribution is 2.17. The largest absolute Gasteiger partial charge is 0.322 e. The second-order valence-electron chi connectivity index (χ2n) is 2.28. The first-order valence-electron chi connectivity index (χ1n) is 3.43. The van der Waals surface area contributed by atoms with Crippen molar-refractivity contribution in [1.29, 1.82) is 0 Å². The molecule has 0 aliphatic heterocycles. The number of H-pyrrole nitrogens is 1. The fraction of sp³-hybridized carbons (Fsp3) is 0. The molecule has 13 heavy (non-hydrogen) atoms. The SMILES string of the molecule is O=c1[nH]nc(-c2cc(I)ccn2)s1. The van der Waals surface area contributed by atoms with Crippen molar-refractivity contribution in [3.05, 3.63) is 31.6 Å². The number of aromatic amines is 1. The summed E-state index contributed by atoms with van der Waals surface area (Å²) in [6, 6.07) is 3.77. The summed E-state index contributed by atoms with van der Waals surface area (Å²) >= 11 is 3.25. The Morgan fingerprint density at radius 3 is 3.00 bits per heavy atom. The Bertz CT molecular complexity index is 478. The average Bonchev–Trinajstić information content (AvgIpc) is 2.52. The van der Waals surface area contributed by atoms with Gasteiger partial charge in [-0.1, -0.05) is 11.3 Å². The number of hydrogen-bond acceptors (Lipinski definition) is 4. The van der Waals surface area contributed by atoms with Gasteiger partial charge in [-0.25, -0.2) is 5.10 Å². The fourth-order valence-corrected chi connectivity index (χ4v) is 1.89. The Labute approximate surface area is 91.2 Å². The lowest BCUT2D eigenvalue weighted by Crippen LogP contribution is -1.90. The van der Waals surface area contributed by atoms with Crippen molar-refractivity contribution < 1.29 is 0 Å². The van der Waals surface area contributed by atoms with Crippen LogP contribution in [0.4, 0.5) is 0 Å². The van der Waals surface area contributed by atoms with E-state index in [1.54, 1.807) is 6.20 Å². The first-order chi connectivity index (χ1) is 6.25. The topological polar surface area (TPSA) is 58.6 Å². The molecular formula is C7H4IN3OS. The second-order valence-corrected chi connectivity index (χ2v) is 4.48. The number of nitrogens with one attached hydrogen (secondary N) is 1. The normalized spacial score (nSPS) is 10.2. The minimum absolute atomic E-state index is 0.157. The van der Waals surface area contributed by atoms with E-state index in [2.05, 4.69) is 37.8 Å². The van der Waals surface area contributed by atoms with Crippen molar-refractivity contribution in [3.8, 4) is 10.7 Å². The molecule has 0 saturated heterocycles. The minimum atomic E-state index is -0.157. The van der Waals surface area contributed by atoms with E-state index in [0.717, 1.165) is 20.6 Å². The number of hydrogen-bond donors (Lipinski definition) is 1. The molecule has 6 heteroatoms. The van der Waals surface area contributed by atoms with Crippen LogP contribution in [0.3, 0.4) is 0 Å². The molecule has 0 radical (unpaired) electrons. The molecule has 2 aromatic rings. The highest BCUT2D eigenvalue weighted by Gasteiger charge is 2.04. The van der Waals surface area contributed by atoms with Crippen molar-refractivity contribution in [3.63, 3.8) is 0 Å². The van der Waals surface area contributed by atoms with E-state index in [1.165, 1.54) is 0 Å². The van der Waals surface area contributed by atoms with Crippen LogP contribution in [0.5, 0.6) is 0 Å². The third kappa shape index (κ3) is 1.94. The predicted molar refractivity (Wildman–Crippen MR) is 58.7 cm³/mol. The van der Waals surface area contributed by atoms with Gasteiger partial charge >= 0.3 is 4.87 Å². The van der Waals surface area contributed by atoms with Gasteiger partial charge in [0.1, 0.15) is 5.69 Å². The summed E-state index contributed by atoms with van der Waals surface area (Å²) in [5.74, 6) is 0. The van der Waals surface area contributed by atoms with Crippen LogP contribution in [0, 0.1) is 3.57 Å². The average molecular weight is 305 g/mol. The quantitative estimate of drug-likeness (QED) is 0.812. The smallest absolute Gasteiger partial charge is 0.255 e. The van der Waals surface area contributed by atoms with Crippen LogP contribution in [0.2, 0.25) is 0 Å². The summed E-state index contributed by atoms with van der Waals surface area (Å²) in [5, 5.41) is 6.83. The summed E-state index contributed by atoms with van der Waals surface area (Å²) in [6.45, 7) is 0. The zero-order valence-corrected chi connectivity index (χ0v) is 9.29. The number of rotatable bonds is 1. The standard InChI is InChI=1S/C7H4IN3OS/c8-4-1-2-9-5(3-4)6-10-11-7(12)13-6/h1-3H,(H,11,12). The van der Waals surface area contributed by atoms with Gasteiger partial charge in [0.05, 0.1) is 0 Å². The summed E-state index contributed by atoms with van der Waals surface area (Å²) < 4.78 is 1.07. The lowest BCUT2D eigenvalue weighted by molar-refractivity contribution is 1.05. The van der Waals surface area contributed by atoms with E-state index in [-0.39, 0.29) is 4.87 Å². The summed E-state index contributed by atoms with van der Waals surface area (Å²) in [6.07, 6.45) is 1.70. The first kappa shape index (κ1) is 8.82. The van der Waals surface area contributed by atoms with Crippen molar-refractivity contribution in [2.45, 2.75) is 0 Å². The second kappa shape index (κ2) is 3.54. The number of halogens is 1. The van der Waals surface area contributed by atoms with Gasteiger partial charge in [-0.2, -0.15) is 5.10 Å². The van der Waals surface area contributed by atoms with Gasteiger partial charge in [-0.05, 0) is 34.7 Å². The van der Waals surface area contributed by atoms with Gasteiger partial charge in [0.15, 0.2) is 5.01 Å². The molecule has 2 rings (SSSR count). The Morgan fingerprint density at radius 2 is 2.38 bits per heavy atom. The van der Waals surface area contributed by atoms with Crippen LogP contribution in [-0.2, 0) is 0 Å². The van der Waals surface area contributed by atoms with Crippen LogP contribution in [0.15, 0.2) is 23.1 Å². The summed E-state index contributed by atoms with van der Waals surface area (Å²) in [7, 11) is 0. The fourth-order valence-electron chi connectivity index (χ4n) is 0.861. The van der Waals surface area contributed by atoms with Gasteiger partial charge < -0.3 is 0 Å². The van der Waals surface area contributed by atoms with Crippen LogP contribution in [0.25, 0.3) is 10.7 Å². The summed E-state index contributed by atoms with van der Waals surface area (Å²) in [4.78, 5) is 14.8. The molecular weight excluding hydrogens is 301 g/mol. The third-order valence-corrected chi connectivity index (χ3v) is 2.82. The molecule has 0 aliphatic rings. The molecule has 1 N–H and O–H groups in total. The molecule has 4 nitrogen and oxygen atoms in total. The zero-order valence-electron chi connectivity index (χ0n) is 6.32. The molecule has 2 heterocycles. The predicted octanol–water partition coefficient (Wildman–Crippen LogP) is 1.50. The Balaban J connectivity index is 2.52. The van der Waals surface area contributed by atoms with E-state index >= 15 is 0 Å². The Kier molecular flexibility index (Phi) is 2.40. The van der Waals surface area contributed by atoms with Crippen LogP contribution < -0.4 is 4.87 Å². The maximum absolute atomic E-state index is 10.8. The zero-order chi connectivity index (χ0) is 9.26. The highest BCUT2D eigenvalue weighted by atomic mass is 127. The van der Waals surface area contributed by atoms with Crippen molar-refractivity contribution >= 4 is 33.9 Å². The van der Waals surface area contributed by atoms with Crippen molar-refractivity contribution in [2.75, 3.05) is 0 Å². The van der Waals surface area contributed by atoms with Crippen LogP contribution in [-0.4, -0.2) is 15.2 Å². The van der Waals surface area contributed by atoms with Gasteiger partial charge in [0.25, 0.3) is 0 Å². The lowest BCUT2D eigenvalue weighted by Gasteiger charge is -1.93. The summed E-state index contributed by atoms with van der Waals surface area (Å²) in [5.41, 5.74) is 0.732.